The number of fused-ring (bicyclic) bond motifs is 9. The van der Waals surface area contributed by atoms with Gasteiger partial charge in [0, 0.05) is 58.7 Å². The first-order valence-electron chi connectivity index (χ1n) is 26.3. The van der Waals surface area contributed by atoms with Gasteiger partial charge in [-0.2, -0.15) is 12.6 Å². The maximum absolute atomic E-state index is 6.97. The third-order valence-corrected chi connectivity index (χ3v) is 16.4. The maximum Gasteiger partial charge on any atom is 0.135 e. The molecule has 0 fully saturated rings. The normalized spacial score (nSPS) is 11.5. The lowest BCUT2D eigenvalue weighted by Gasteiger charge is -2.16. The van der Waals surface area contributed by atoms with Crippen LogP contribution < -0.4 is 4.74 Å². The van der Waals surface area contributed by atoms with E-state index < -0.39 is 0 Å². The number of thiol groups is 1. The van der Waals surface area contributed by atoms with E-state index in [9.17, 15) is 0 Å². The van der Waals surface area contributed by atoms with Crippen molar-refractivity contribution in [3.05, 3.63) is 279 Å². The molecule has 0 saturated heterocycles. The highest BCUT2D eigenvalue weighted by atomic mass is 32.1. The number of rotatable bonds is 9. The summed E-state index contributed by atoms with van der Waals surface area (Å²) in [6.07, 6.45) is 1.69. The van der Waals surface area contributed by atoms with Crippen LogP contribution in [-0.4, -0.2) is 15.4 Å². The fourth-order valence-corrected chi connectivity index (χ4v) is 12.8. The number of benzene rings is 12. The van der Waals surface area contributed by atoms with Crippen LogP contribution in [0.25, 0.3) is 131 Å². The number of ether oxygens (including phenoxy) is 1. The highest BCUT2D eigenvalue weighted by Gasteiger charge is 2.20. The minimum Gasteiger partial charge on any atom is -0.457 e. The molecule has 0 bridgehead atoms. The molecular formula is C73H50N2OS2. The Kier molecular flexibility index (Phi) is 12.0. The summed E-state index contributed by atoms with van der Waals surface area (Å²) < 4.78 is 14.4. The van der Waals surface area contributed by atoms with E-state index in [-0.39, 0.29) is 0 Å². The summed E-state index contributed by atoms with van der Waals surface area (Å²) >= 11 is 5.38. The molecule has 0 saturated carbocycles. The predicted octanol–water partition coefficient (Wildman–Crippen LogP) is 20.9. The second-order valence-electron chi connectivity index (χ2n) is 19.6. The molecule has 0 aliphatic rings. The maximum atomic E-state index is 6.97. The Hall–Kier alpha value is -9.39. The van der Waals surface area contributed by atoms with Crippen molar-refractivity contribution in [1.29, 1.82) is 0 Å². The van der Waals surface area contributed by atoms with Gasteiger partial charge in [-0.1, -0.05) is 194 Å². The fraction of sp³-hybridized carbons (Fsp3) is 0.0137. The molecular weight excluding hydrogens is 985 g/mol. The lowest BCUT2D eigenvalue weighted by Crippen LogP contribution is -1.96. The number of hydrogen-bond donors (Lipinski definition) is 1. The Labute approximate surface area is 462 Å². The largest absolute Gasteiger partial charge is 0.457 e. The molecule has 5 heteroatoms. The monoisotopic (exact) mass is 1030 g/mol. The van der Waals surface area contributed by atoms with Crippen LogP contribution in [0, 0.1) is 0 Å². The van der Waals surface area contributed by atoms with Crippen molar-refractivity contribution in [3.8, 4) is 78.5 Å². The Bertz CT molecular complexity index is 4740. The van der Waals surface area contributed by atoms with Crippen LogP contribution in [0.15, 0.2) is 279 Å². The van der Waals surface area contributed by atoms with Gasteiger partial charge in [-0.25, -0.2) is 0 Å². The van der Waals surface area contributed by atoms with Gasteiger partial charge in [-0.15, -0.1) is 11.3 Å². The average molecular weight is 1040 g/mol. The molecule has 78 heavy (non-hydrogen) atoms. The van der Waals surface area contributed by atoms with E-state index in [1.807, 2.05) is 11.3 Å². The smallest absolute Gasteiger partial charge is 0.135 e. The van der Waals surface area contributed by atoms with Crippen molar-refractivity contribution in [1.82, 2.24) is 9.13 Å². The first kappa shape index (κ1) is 47.1. The van der Waals surface area contributed by atoms with Gasteiger partial charge in [-0.05, 0) is 141 Å². The summed E-state index contributed by atoms with van der Waals surface area (Å²) in [6, 6.07) is 101. The van der Waals surface area contributed by atoms with Crippen LogP contribution in [-0.2, 0) is 0 Å². The molecule has 0 N–H and O–H groups in total. The van der Waals surface area contributed by atoms with Crippen molar-refractivity contribution in [2.45, 2.75) is 0 Å². The third-order valence-electron chi connectivity index (χ3n) is 15.2. The SMILES string of the molecule is CS.c1ccc(-c2ccccc2-c2cccc(-c3ccc(-c4ccccc4-c4ccccc4Oc4ccc5c(c4)c4ccccc4n5-c4ccc5c(c4)c4ccccc4n5-c4ccc5sc6ccccc6c5c4)cc3)c2)cc1. The van der Waals surface area contributed by atoms with E-state index in [1.54, 1.807) is 6.26 Å². The van der Waals surface area contributed by atoms with E-state index in [4.69, 9.17) is 4.74 Å². The lowest BCUT2D eigenvalue weighted by atomic mass is 9.91. The van der Waals surface area contributed by atoms with Crippen LogP contribution >= 0.6 is 24.0 Å². The highest BCUT2D eigenvalue weighted by Crippen LogP contribution is 2.44. The minimum absolute atomic E-state index is 0.784. The summed E-state index contributed by atoms with van der Waals surface area (Å²) in [4.78, 5) is 0. The van der Waals surface area contributed by atoms with Crippen LogP contribution in [0.3, 0.4) is 0 Å². The molecule has 3 nitrogen and oxygen atoms in total. The molecule has 3 heterocycles. The summed E-state index contributed by atoms with van der Waals surface area (Å²) in [5.41, 5.74) is 18.6. The summed E-state index contributed by atoms with van der Waals surface area (Å²) in [7, 11) is 0. The number of para-hydroxylation sites is 3. The fourth-order valence-electron chi connectivity index (χ4n) is 11.7. The summed E-state index contributed by atoms with van der Waals surface area (Å²) in [6.45, 7) is 0. The van der Waals surface area contributed by atoms with E-state index in [2.05, 4.69) is 301 Å². The molecule has 3 aromatic heterocycles. The van der Waals surface area contributed by atoms with Crippen LogP contribution in [0.2, 0.25) is 0 Å². The molecule has 0 atom stereocenters. The Morgan fingerprint density at radius 2 is 0.744 bits per heavy atom. The molecule has 0 aliphatic heterocycles. The Morgan fingerprint density at radius 3 is 1.46 bits per heavy atom. The zero-order valence-electron chi connectivity index (χ0n) is 42.7. The quantitative estimate of drug-likeness (QED) is 0.143. The Morgan fingerprint density at radius 1 is 0.282 bits per heavy atom. The number of hydrogen-bond acceptors (Lipinski definition) is 3. The van der Waals surface area contributed by atoms with Gasteiger partial charge in [0.25, 0.3) is 0 Å². The molecule has 15 rings (SSSR count). The number of nitrogens with zero attached hydrogens (tertiary/aromatic N) is 2. The summed E-state index contributed by atoms with van der Waals surface area (Å²) in [5, 5.41) is 7.35. The minimum atomic E-state index is 0.784. The average Bonchev–Trinajstić information content (AvgIpc) is 4.25. The number of aromatic nitrogens is 2. The molecule has 0 radical (unpaired) electrons. The molecule has 0 unspecified atom stereocenters. The molecule has 15 aromatic rings. The van der Waals surface area contributed by atoms with Crippen molar-refractivity contribution in [3.63, 3.8) is 0 Å². The topological polar surface area (TPSA) is 19.1 Å². The standard InChI is InChI=1S/C72H46N2OS.CH4S/c1-2-17-48(18-3-1)55-21-4-5-23-57(55)51-20-16-19-50(43-51)47-33-35-49(36-34-47)56-22-6-7-24-58(56)61-27-10-14-31-70(61)75-54-39-41-69-64(46-54)60-26-9-13-30-67(60)73(69)52-37-40-68-63(44-52)59-25-8-12-29-66(59)74(68)53-38-42-72-65(45-53)62-28-11-15-32-71(62)76-72;1-2/h1-46H;2H,1H3. The zero-order chi connectivity index (χ0) is 52.1. The van der Waals surface area contributed by atoms with Gasteiger partial charge < -0.3 is 13.9 Å². The van der Waals surface area contributed by atoms with E-state index in [1.165, 1.54) is 80.7 Å². The van der Waals surface area contributed by atoms with E-state index in [0.29, 0.717) is 0 Å². The van der Waals surface area contributed by atoms with Crippen LogP contribution in [0.4, 0.5) is 0 Å². The zero-order valence-corrected chi connectivity index (χ0v) is 44.4. The van der Waals surface area contributed by atoms with E-state index >= 15 is 0 Å². The molecule has 370 valence electrons. The summed E-state index contributed by atoms with van der Waals surface area (Å²) in [5.74, 6) is 1.59. The second kappa shape index (κ2) is 20.0. The van der Waals surface area contributed by atoms with Gasteiger partial charge in [-0.3, -0.25) is 0 Å². The highest BCUT2D eigenvalue weighted by molar-refractivity contribution is 7.79. The van der Waals surface area contributed by atoms with Crippen molar-refractivity contribution >= 4 is 87.7 Å². The van der Waals surface area contributed by atoms with E-state index in [0.717, 1.165) is 61.5 Å². The molecule has 12 aromatic carbocycles. The third kappa shape index (κ3) is 8.15. The van der Waals surface area contributed by atoms with Crippen molar-refractivity contribution in [2.24, 2.45) is 0 Å². The van der Waals surface area contributed by atoms with Gasteiger partial charge in [0.05, 0.1) is 22.1 Å². The lowest BCUT2D eigenvalue weighted by molar-refractivity contribution is 0.485. The van der Waals surface area contributed by atoms with Gasteiger partial charge in [0.2, 0.25) is 0 Å². The van der Waals surface area contributed by atoms with Crippen molar-refractivity contribution in [2.75, 3.05) is 6.26 Å². The molecule has 0 aliphatic carbocycles. The van der Waals surface area contributed by atoms with Crippen LogP contribution in [0.5, 0.6) is 11.5 Å². The second-order valence-corrected chi connectivity index (χ2v) is 20.7. The predicted molar refractivity (Wildman–Crippen MR) is 337 cm³/mol. The van der Waals surface area contributed by atoms with Gasteiger partial charge >= 0.3 is 0 Å². The first-order chi connectivity index (χ1) is 38.7. The molecule has 0 spiro atoms. The van der Waals surface area contributed by atoms with Gasteiger partial charge in [0.15, 0.2) is 0 Å². The Balaban J connectivity index is 0.00000273. The van der Waals surface area contributed by atoms with Crippen molar-refractivity contribution < 1.29 is 4.74 Å². The first-order valence-corrected chi connectivity index (χ1v) is 28.0. The van der Waals surface area contributed by atoms with Crippen LogP contribution in [0.1, 0.15) is 0 Å². The van der Waals surface area contributed by atoms with Gasteiger partial charge in [0.1, 0.15) is 11.5 Å². The number of thiophene rings is 1. The molecule has 0 amide bonds.